The van der Waals surface area contributed by atoms with Crippen LogP contribution in [0.4, 0.5) is 5.69 Å². The molecule has 1 aliphatic rings. The summed E-state index contributed by atoms with van der Waals surface area (Å²) in [5, 5.41) is 3.49. The first-order valence-corrected chi connectivity index (χ1v) is 6.89. The van der Waals surface area contributed by atoms with Gasteiger partial charge in [-0.25, -0.2) is 0 Å². The number of aryl methyl sites for hydroxylation is 1. The maximum absolute atomic E-state index is 11.1. The van der Waals surface area contributed by atoms with Gasteiger partial charge in [-0.2, -0.15) is 0 Å². The van der Waals surface area contributed by atoms with Crippen LogP contribution in [0.3, 0.4) is 0 Å². The summed E-state index contributed by atoms with van der Waals surface area (Å²) < 4.78 is 0. The molecule has 1 aromatic rings. The fourth-order valence-electron chi connectivity index (χ4n) is 2.54. The number of nitrogens with two attached hydrogens (primary N) is 1. The zero-order valence-electron chi connectivity index (χ0n) is 11.8. The molecule has 4 heteroatoms. The number of rotatable bonds is 4. The minimum Gasteiger partial charge on any atom is -0.385 e. The number of nitrogens with zero attached hydrogens (tertiary/aromatic N) is 1. The Kier molecular flexibility index (Phi) is 4.43. The highest BCUT2D eigenvalue weighted by Gasteiger charge is 2.16. The normalized spacial score (nSPS) is 17.4. The summed E-state index contributed by atoms with van der Waals surface area (Å²) in [6, 6.07) is 5.58. The number of hydrogen-bond donors (Lipinski definition) is 2. The van der Waals surface area contributed by atoms with E-state index in [-0.39, 0.29) is 5.91 Å². The maximum Gasteiger partial charge on any atom is 0.248 e. The molecule has 0 bridgehead atoms. The van der Waals surface area contributed by atoms with Gasteiger partial charge in [0.2, 0.25) is 5.91 Å². The number of hydrogen-bond acceptors (Lipinski definition) is 3. The van der Waals surface area contributed by atoms with E-state index >= 15 is 0 Å². The predicted molar refractivity (Wildman–Crippen MR) is 78.4 cm³/mol. The Hall–Kier alpha value is -1.55. The van der Waals surface area contributed by atoms with E-state index in [1.54, 1.807) is 6.07 Å². The van der Waals surface area contributed by atoms with Crippen molar-refractivity contribution in [1.29, 1.82) is 0 Å². The SMILES string of the molecule is Cc1cc(C(N)=O)ccc1NCC1CCN(C)CC1. The van der Waals surface area contributed by atoms with Crippen molar-refractivity contribution in [1.82, 2.24) is 4.90 Å². The van der Waals surface area contributed by atoms with Crippen molar-refractivity contribution in [2.24, 2.45) is 11.7 Å². The van der Waals surface area contributed by atoms with Crippen LogP contribution in [0.2, 0.25) is 0 Å². The average molecular weight is 261 g/mol. The molecule has 1 saturated heterocycles. The molecule has 0 unspecified atom stereocenters. The molecule has 1 aliphatic heterocycles. The summed E-state index contributed by atoms with van der Waals surface area (Å²) in [5.41, 5.74) is 8.02. The van der Waals surface area contributed by atoms with Gasteiger partial charge in [-0.1, -0.05) is 0 Å². The van der Waals surface area contributed by atoms with Crippen LogP contribution in [0.5, 0.6) is 0 Å². The highest BCUT2D eigenvalue weighted by Crippen LogP contribution is 2.20. The molecule has 19 heavy (non-hydrogen) atoms. The van der Waals surface area contributed by atoms with Crippen LogP contribution in [0.25, 0.3) is 0 Å². The van der Waals surface area contributed by atoms with E-state index in [4.69, 9.17) is 5.73 Å². The van der Waals surface area contributed by atoms with Gasteiger partial charge in [0, 0.05) is 17.8 Å². The van der Waals surface area contributed by atoms with Crippen molar-refractivity contribution in [3.05, 3.63) is 29.3 Å². The molecule has 0 spiro atoms. The fourth-order valence-corrected chi connectivity index (χ4v) is 2.54. The lowest BCUT2D eigenvalue weighted by Crippen LogP contribution is -2.33. The van der Waals surface area contributed by atoms with E-state index in [9.17, 15) is 4.79 Å². The molecule has 4 nitrogen and oxygen atoms in total. The van der Waals surface area contributed by atoms with E-state index in [2.05, 4.69) is 17.3 Å². The second-order valence-electron chi connectivity index (χ2n) is 5.52. The maximum atomic E-state index is 11.1. The molecule has 1 aromatic carbocycles. The van der Waals surface area contributed by atoms with Gasteiger partial charge in [0.05, 0.1) is 0 Å². The monoisotopic (exact) mass is 261 g/mol. The number of likely N-dealkylation sites (tertiary alicyclic amines) is 1. The van der Waals surface area contributed by atoms with Crippen molar-refractivity contribution < 1.29 is 4.79 Å². The lowest BCUT2D eigenvalue weighted by molar-refractivity contribution is 0.1000. The van der Waals surface area contributed by atoms with Crippen LogP contribution >= 0.6 is 0 Å². The van der Waals surface area contributed by atoms with Crippen LogP contribution in [0.15, 0.2) is 18.2 Å². The Morgan fingerprint density at radius 1 is 1.42 bits per heavy atom. The lowest BCUT2D eigenvalue weighted by Gasteiger charge is -2.29. The zero-order valence-corrected chi connectivity index (χ0v) is 11.8. The minimum atomic E-state index is -0.370. The molecule has 1 amide bonds. The molecule has 1 heterocycles. The molecule has 0 saturated carbocycles. The van der Waals surface area contributed by atoms with Crippen molar-refractivity contribution in [3.63, 3.8) is 0 Å². The smallest absolute Gasteiger partial charge is 0.248 e. The number of carbonyl (C=O) groups is 1. The van der Waals surface area contributed by atoms with Crippen LogP contribution in [-0.2, 0) is 0 Å². The van der Waals surface area contributed by atoms with E-state index in [0.29, 0.717) is 5.56 Å². The average Bonchev–Trinajstić information content (AvgIpc) is 2.39. The highest BCUT2D eigenvalue weighted by molar-refractivity contribution is 5.93. The second-order valence-corrected chi connectivity index (χ2v) is 5.52. The topological polar surface area (TPSA) is 58.4 Å². The Balaban J connectivity index is 1.91. The molecule has 3 N–H and O–H groups in total. The number of primary amides is 1. The number of amides is 1. The summed E-state index contributed by atoms with van der Waals surface area (Å²) >= 11 is 0. The van der Waals surface area contributed by atoms with Crippen LogP contribution in [-0.4, -0.2) is 37.5 Å². The van der Waals surface area contributed by atoms with Gasteiger partial charge >= 0.3 is 0 Å². The quantitative estimate of drug-likeness (QED) is 0.869. The third-order valence-corrected chi connectivity index (χ3v) is 3.93. The Morgan fingerprint density at radius 3 is 2.68 bits per heavy atom. The predicted octanol–water partition coefficient (Wildman–Crippen LogP) is 1.85. The molecular weight excluding hydrogens is 238 g/mol. The molecule has 104 valence electrons. The van der Waals surface area contributed by atoms with Crippen molar-refractivity contribution in [2.45, 2.75) is 19.8 Å². The number of anilines is 1. The van der Waals surface area contributed by atoms with E-state index < -0.39 is 0 Å². The summed E-state index contributed by atoms with van der Waals surface area (Å²) in [7, 11) is 2.18. The highest BCUT2D eigenvalue weighted by atomic mass is 16.1. The van der Waals surface area contributed by atoms with E-state index in [1.807, 2.05) is 19.1 Å². The lowest BCUT2D eigenvalue weighted by atomic mass is 9.97. The van der Waals surface area contributed by atoms with Gasteiger partial charge in [-0.3, -0.25) is 4.79 Å². The summed E-state index contributed by atoms with van der Waals surface area (Å²) in [6.07, 6.45) is 2.50. The summed E-state index contributed by atoms with van der Waals surface area (Å²) in [4.78, 5) is 13.5. The first-order valence-electron chi connectivity index (χ1n) is 6.89. The standard InChI is InChI=1S/C15H23N3O/c1-11-9-13(15(16)19)3-4-14(11)17-10-12-5-7-18(2)8-6-12/h3-4,9,12,17H,5-8,10H2,1-2H3,(H2,16,19). The Bertz CT molecular complexity index is 451. The van der Waals surface area contributed by atoms with Gasteiger partial charge < -0.3 is 16.0 Å². The first kappa shape index (κ1) is 13.9. The van der Waals surface area contributed by atoms with Crippen molar-refractivity contribution in [3.8, 4) is 0 Å². The molecule has 0 aromatic heterocycles. The van der Waals surface area contributed by atoms with Gasteiger partial charge in [-0.05, 0) is 69.6 Å². The van der Waals surface area contributed by atoms with Gasteiger partial charge in [0.1, 0.15) is 0 Å². The Morgan fingerprint density at radius 2 is 2.11 bits per heavy atom. The second kappa shape index (κ2) is 6.06. The molecule has 0 atom stereocenters. The van der Waals surface area contributed by atoms with Gasteiger partial charge in [0.25, 0.3) is 0 Å². The number of nitrogens with one attached hydrogen (secondary N) is 1. The minimum absolute atomic E-state index is 0.370. The first-order chi connectivity index (χ1) is 9.06. The number of carbonyl (C=O) groups excluding carboxylic acids is 1. The number of piperidine rings is 1. The third kappa shape index (κ3) is 3.70. The van der Waals surface area contributed by atoms with Crippen LogP contribution in [0, 0.1) is 12.8 Å². The Labute approximate surface area is 115 Å². The molecule has 0 aliphatic carbocycles. The summed E-state index contributed by atoms with van der Waals surface area (Å²) in [6.45, 7) is 5.38. The van der Waals surface area contributed by atoms with Gasteiger partial charge in [-0.15, -0.1) is 0 Å². The van der Waals surface area contributed by atoms with E-state index in [1.165, 1.54) is 25.9 Å². The largest absolute Gasteiger partial charge is 0.385 e. The molecule has 2 rings (SSSR count). The molecule has 0 radical (unpaired) electrons. The number of benzene rings is 1. The molecular formula is C15H23N3O. The zero-order chi connectivity index (χ0) is 13.8. The van der Waals surface area contributed by atoms with Crippen molar-refractivity contribution in [2.75, 3.05) is 32.0 Å². The van der Waals surface area contributed by atoms with Gasteiger partial charge in [0.15, 0.2) is 0 Å². The van der Waals surface area contributed by atoms with Crippen LogP contribution in [0.1, 0.15) is 28.8 Å². The van der Waals surface area contributed by atoms with Crippen molar-refractivity contribution >= 4 is 11.6 Å². The third-order valence-electron chi connectivity index (χ3n) is 3.93. The van der Waals surface area contributed by atoms with E-state index in [0.717, 1.165) is 23.7 Å². The fraction of sp³-hybridized carbons (Fsp3) is 0.533. The molecule has 1 fully saturated rings. The summed E-state index contributed by atoms with van der Waals surface area (Å²) in [5.74, 6) is 0.372. The van der Waals surface area contributed by atoms with Crippen LogP contribution < -0.4 is 11.1 Å².